The normalized spacial score (nSPS) is 12.0. The van der Waals surface area contributed by atoms with E-state index in [-0.39, 0.29) is 6.41 Å². The lowest BCUT2D eigenvalue weighted by atomic mass is 10.2. The lowest BCUT2D eigenvalue weighted by Crippen LogP contribution is -2.52. The van der Waals surface area contributed by atoms with Crippen LogP contribution in [0.3, 0.4) is 0 Å². The molecular formula is C13H18N4O10. The van der Waals surface area contributed by atoms with Crippen LogP contribution in [0.4, 0.5) is 0 Å². The third-order valence-electron chi connectivity index (χ3n) is 2.81. The molecule has 0 saturated carbocycles. The third-order valence-corrected chi connectivity index (χ3v) is 2.81. The van der Waals surface area contributed by atoms with Gasteiger partial charge in [-0.1, -0.05) is 0 Å². The van der Waals surface area contributed by atoms with Crippen molar-refractivity contribution in [2.45, 2.75) is 24.9 Å². The molecule has 0 aromatic heterocycles. The van der Waals surface area contributed by atoms with Crippen LogP contribution in [0.2, 0.25) is 0 Å². The number of carbonyl (C=O) groups excluding carboxylic acids is 4. The molecule has 0 radical (unpaired) electrons. The molecule has 27 heavy (non-hydrogen) atoms. The summed E-state index contributed by atoms with van der Waals surface area (Å²) in [7, 11) is 0. The molecule has 0 aromatic carbocycles. The van der Waals surface area contributed by atoms with E-state index < -0.39 is 73.6 Å². The standard InChI is InChI=1S/C13H18N4O10/c18-5-14-3-8(19)16-6(1-10(21)22)12(25)15-4-9(20)17-7(13(26)27)2-11(23)24/h5-7H,1-4H2,(H,14,18)(H,15,25)(H,16,19)(H,17,20)(H,21,22)(H,23,24)(H,26,27). The van der Waals surface area contributed by atoms with Gasteiger partial charge in [-0.3, -0.25) is 28.8 Å². The van der Waals surface area contributed by atoms with Gasteiger partial charge in [-0.15, -0.1) is 0 Å². The number of carboxylic acids is 3. The topological polar surface area (TPSA) is 228 Å². The van der Waals surface area contributed by atoms with Crippen molar-refractivity contribution in [3.63, 3.8) is 0 Å². The Kier molecular flexibility index (Phi) is 10.2. The molecule has 0 rings (SSSR count). The predicted octanol–water partition coefficient (Wildman–Crippen LogP) is -4.15. The van der Waals surface area contributed by atoms with E-state index in [1.807, 2.05) is 21.3 Å². The lowest BCUT2D eigenvalue weighted by molar-refractivity contribution is -0.147. The Labute approximate surface area is 151 Å². The molecule has 150 valence electrons. The number of rotatable bonds is 13. The molecule has 0 aromatic rings. The monoisotopic (exact) mass is 390 g/mol. The maximum atomic E-state index is 11.9. The number of hydrogen-bond acceptors (Lipinski definition) is 7. The second-order valence-electron chi connectivity index (χ2n) is 4.99. The summed E-state index contributed by atoms with van der Waals surface area (Å²) < 4.78 is 0. The predicted molar refractivity (Wildman–Crippen MR) is 83.1 cm³/mol. The molecule has 14 heteroatoms. The summed E-state index contributed by atoms with van der Waals surface area (Å²) in [6, 6.07) is -3.29. The van der Waals surface area contributed by atoms with Crippen molar-refractivity contribution >= 4 is 42.0 Å². The van der Waals surface area contributed by atoms with Crippen LogP contribution in [-0.2, 0) is 33.6 Å². The summed E-state index contributed by atoms with van der Waals surface area (Å²) >= 11 is 0. The molecule has 0 bridgehead atoms. The SMILES string of the molecule is O=CNCC(=O)NC(CC(=O)O)C(=O)NCC(=O)NC(CC(=O)O)C(=O)O. The van der Waals surface area contributed by atoms with Crippen LogP contribution in [0.15, 0.2) is 0 Å². The molecule has 0 fully saturated rings. The molecule has 0 saturated heterocycles. The van der Waals surface area contributed by atoms with E-state index in [2.05, 4.69) is 0 Å². The molecule has 0 spiro atoms. The van der Waals surface area contributed by atoms with Gasteiger partial charge in [0.25, 0.3) is 0 Å². The molecule has 2 unspecified atom stereocenters. The van der Waals surface area contributed by atoms with Crippen molar-refractivity contribution in [2.75, 3.05) is 13.1 Å². The Hall–Kier alpha value is -3.71. The van der Waals surface area contributed by atoms with Crippen LogP contribution in [0, 0.1) is 0 Å². The van der Waals surface area contributed by atoms with Gasteiger partial charge in [0, 0.05) is 0 Å². The maximum absolute atomic E-state index is 11.9. The Morgan fingerprint density at radius 2 is 1.26 bits per heavy atom. The van der Waals surface area contributed by atoms with Gasteiger partial charge in [0.05, 0.1) is 25.9 Å². The van der Waals surface area contributed by atoms with Crippen molar-refractivity contribution in [1.29, 1.82) is 0 Å². The van der Waals surface area contributed by atoms with E-state index in [1.165, 1.54) is 0 Å². The van der Waals surface area contributed by atoms with E-state index in [9.17, 15) is 33.6 Å². The molecule has 14 nitrogen and oxygen atoms in total. The highest BCUT2D eigenvalue weighted by Crippen LogP contribution is 1.95. The number of carbonyl (C=O) groups is 7. The molecule has 0 heterocycles. The molecule has 0 aliphatic rings. The van der Waals surface area contributed by atoms with Gasteiger partial charge >= 0.3 is 17.9 Å². The highest BCUT2D eigenvalue weighted by atomic mass is 16.4. The van der Waals surface area contributed by atoms with E-state index in [4.69, 9.17) is 15.3 Å². The fourth-order valence-electron chi connectivity index (χ4n) is 1.67. The Bertz CT molecular complexity index is 620. The summed E-state index contributed by atoms with van der Waals surface area (Å²) in [5.41, 5.74) is 0. The Morgan fingerprint density at radius 1 is 0.778 bits per heavy atom. The molecular weight excluding hydrogens is 372 g/mol. The molecule has 2 atom stereocenters. The van der Waals surface area contributed by atoms with Crippen LogP contribution in [0.5, 0.6) is 0 Å². The molecule has 7 N–H and O–H groups in total. The van der Waals surface area contributed by atoms with Gasteiger partial charge in [-0.05, 0) is 0 Å². The van der Waals surface area contributed by atoms with Crippen molar-refractivity contribution in [2.24, 2.45) is 0 Å². The van der Waals surface area contributed by atoms with E-state index in [0.717, 1.165) is 0 Å². The van der Waals surface area contributed by atoms with Gasteiger partial charge in [0.15, 0.2) is 0 Å². The average Bonchev–Trinajstić information content (AvgIpc) is 2.55. The van der Waals surface area contributed by atoms with Gasteiger partial charge in [0.2, 0.25) is 24.1 Å². The van der Waals surface area contributed by atoms with Gasteiger partial charge in [-0.2, -0.15) is 0 Å². The molecule has 0 aliphatic carbocycles. The number of hydrogen-bond donors (Lipinski definition) is 7. The summed E-state index contributed by atoms with van der Waals surface area (Å²) in [5, 5.41) is 34.0. The fourth-order valence-corrected chi connectivity index (χ4v) is 1.67. The fraction of sp³-hybridized carbons (Fsp3) is 0.462. The van der Waals surface area contributed by atoms with E-state index in [0.29, 0.717) is 0 Å². The van der Waals surface area contributed by atoms with E-state index in [1.54, 1.807) is 0 Å². The highest BCUT2D eigenvalue weighted by Gasteiger charge is 2.26. The quantitative estimate of drug-likeness (QED) is 0.150. The van der Waals surface area contributed by atoms with Crippen LogP contribution in [0.1, 0.15) is 12.8 Å². The number of aliphatic carboxylic acids is 3. The zero-order chi connectivity index (χ0) is 21.0. The Balaban J connectivity index is 4.72. The summed E-state index contributed by atoms with van der Waals surface area (Å²) in [4.78, 5) is 77.2. The van der Waals surface area contributed by atoms with Gasteiger partial charge < -0.3 is 36.6 Å². The first-order valence-electron chi connectivity index (χ1n) is 7.26. The largest absolute Gasteiger partial charge is 0.481 e. The lowest BCUT2D eigenvalue weighted by Gasteiger charge is -2.17. The summed E-state index contributed by atoms with van der Waals surface area (Å²) in [5.74, 6) is -7.47. The maximum Gasteiger partial charge on any atom is 0.326 e. The van der Waals surface area contributed by atoms with Gasteiger partial charge in [0.1, 0.15) is 12.1 Å². The minimum Gasteiger partial charge on any atom is -0.481 e. The van der Waals surface area contributed by atoms with E-state index >= 15 is 0 Å². The van der Waals surface area contributed by atoms with Crippen molar-refractivity contribution in [3.8, 4) is 0 Å². The zero-order valence-corrected chi connectivity index (χ0v) is 13.8. The highest BCUT2D eigenvalue weighted by molar-refractivity contribution is 5.94. The second kappa shape index (κ2) is 11.8. The third kappa shape index (κ3) is 10.7. The van der Waals surface area contributed by atoms with Crippen LogP contribution < -0.4 is 21.3 Å². The second-order valence-corrected chi connectivity index (χ2v) is 4.99. The number of carboxylic acid groups (broad SMARTS) is 3. The molecule has 0 aliphatic heterocycles. The Morgan fingerprint density at radius 3 is 1.74 bits per heavy atom. The van der Waals surface area contributed by atoms with Crippen molar-refractivity contribution < 1.29 is 48.9 Å². The van der Waals surface area contributed by atoms with Crippen LogP contribution in [-0.4, -0.2) is 82.5 Å². The first kappa shape index (κ1) is 23.3. The minimum absolute atomic E-state index is 0.214. The van der Waals surface area contributed by atoms with Crippen LogP contribution >= 0.6 is 0 Å². The smallest absolute Gasteiger partial charge is 0.326 e. The zero-order valence-electron chi connectivity index (χ0n) is 13.8. The average molecular weight is 390 g/mol. The van der Waals surface area contributed by atoms with Crippen LogP contribution in [0.25, 0.3) is 0 Å². The number of amides is 4. The summed E-state index contributed by atoms with van der Waals surface area (Å²) in [6.45, 7) is -1.30. The van der Waals surface area contributed by atoms with Gasteiger partial charge in [-0.25, -0.2) is 4.79 Å². The first-order chi connectivity index (χ1) is 12.6. The minimum atomic E-state index is -1.73. The van der Waals surface area contributed by atoms with Crippen molar-refractivity contribution in [1.82, 2.24) is 21.3 Å². The number of nitrogens with one attached hydrogen (secondary N) is 4. The first-order valence-corrected chi connectivity index (χ1v) is 7.26. The van der Waals surface area contributed by atoms with Crippen molar-refractivity contribution in [3.05, 3.63) is 0 Å². The summed E-state index contributed by atoms with van der Waals surface area (Å²) in [6.07, 6.45) is -1.50. The molecule has 4 amide bonds.